The van der Waals surface area contributed by atoms with E-state index >= 15 is 0 Å². The molecule has 0 aliphatic heterocycles. The first-order valence-corrected chi connectivity index (χ1v) is 9.55. The lowest BCUT2D eigenvalue weighted by molar-refractivity contribution is 0.0796. The second-order valence-electron chi connectivity index (χ2n) is 6.42. The highest BCUT2D eigenvalue weighted by molar-refractivity contribution is 7.17. The summed E-state index contributed by atoms with van der Waals surface area (Å²) in [4.78, 5) is 23.5. The molecule has 0 saturated heterocycles. The second kappa shape index (κ2) is 7.28. The van der Waals surface area contributed by atoms with Crippen LogP contribution < -0.4 is 0 Å². The summed E-state index contributed by atoms with van der Waals surface area (Å²) < 4.78 is 1.07. The molecule has 0 aliphatic carbocycles. The molecule has 136 valence electrons. The van der Waals surface area contributed by atoms with Crippen molar-refractivity contribution in [2.75, 3.05) is 13.6 Å². The molecule has 0 spiro atoms. The molecule has 27 heavy (non-hydrogen) atoms. The third-order valence-electron chi connectivity index (χ3n) is 4.46. The molecule has 7 heteroatoms. The first-order chi connectivity index (χ1) is 13.1. The number of likely N-dealkylation sites (N-methyl/N-ethyl adjacent to an activating group) is 1. The van der Waals surface area contributed by atoms with Crippen molar-refractivity contribution in [2.24, 2.45) is 0 Å². The molecule has 4 rings (SSSR count). The number of rotatable bonds is 5. The number of carbonyl (C=O) groups excluding carboxylic acids is 1. The minimum atomic E-state index is 0.00480. The van der Waals surface area contributed by atoms with Crippen LogP contribution in [0.25, 0.3) is 21.5 Å². The van der Waals surface area contributed by atoms with Gasteiger partial charge in [0.1, 0.15) is 5.82 Å². The van der Waals surface area contributed by atoms with Gasteiger partial charge in [-0.2, -0.15) is 5.10 Å². The number of H-pyrrole nitrogens is 1. The van der Waals surface area contributed by atoms with Gasteiger partial charge in [0, 0.05) is 30.9 Å². The normalized spacial score (nSPS) is 11.0. The number of hydrogen-bond acceptors (Lipinski definition) is 5. The maximum absolute atomic E-state index is 12.7. The van der Waals surface area contributed by atoms with Crippen LogP contribution in [0.4, 0.5) is 0 Å². The van der Waals surface area contributed by atoms with E-state index in [2.05, 4.69) is 20.2 Å². The van der Waals surface area contributed by atoms with Crippen molar-refractivity contribution in [1.82, 2.24) is 25.1 Å². The smallest absolute Gasteiger partial charge is 0.253 e. The van der Waals surface area contributed by atoms with Gasteiger partial charge in [-0.15, -0.1) is 11.3 Å². The zero-order valence-corrected chi connectivity index (χ0v) is 16.0. The zero-order valence-electron chi connectivity index (χ0n) is 15.1. The summed E-state index contributed by atoms with van der Waals surface area (Å²) in [7, 11) is 1.82. The van der Waals surface area contributed by atoms with Gasteiger partial charge >= 0.3 is 0 Å². The van der Waals surface area contributed by atoms with Crippen LogP contribution in [-0.2, 0) is 6.42 Å². The second-order valence-corrected chi connectivity index (χ2v) is 7.33. The number of carbonyl (C=O) groups is 1. The van der Waals surface area contributed by atoms with Crippen molar-refractivity contribution in [3.05, 3.63) is 65.1 Å². The third-order valence-corrected chi connectivity index (χ3v) is 5.37. The van der Waals surface area contributed by atoms with Gasteiger partial charge in [0.05, 0.1) is 22.1 Å². The number of aromatic amines is 1. The van der Waals surface area contributed by atoms with Crippen molar-refractivity contribution in [3.63, 3.8) is 0 Å². The van der Waals surface area contributed by atoms with Gasteiger partial charge in [-0.3, -0.25) is 9.89 Å². The Kier molecular flexibility index (Phi) is 4.68. The quantitative estimate of drug-likeness (QED) is 0.575. The highest BCUT2D eigenvalue weighted by atomic mass is 32.1. The molecule has 3 heterocycles. The van der Waals surface area contributed by atoms with E-state index < -0.39 is 0 Å². The van der Waals surface area contributed by atoms with Crippen LogP contribution in [0.1, 0.15) is 21.7 Å². The number of aromatic nitrogens is 4. The van der Waals surface area contributed by atoms with E-state index in [1.54, 1.807) is 22.4 Å². The molecule has 1 aromatic carbocycles. The van der Waals surface area contributed by atoms with Crippen molar-refractivity contribution in [1.29, 1.82) is 0 Å². The molecule has 3 aromatic heterocycles. The number of amides is 1. The van der Waals surface area contributed by atoms with Crippen LogP contribution in [-0.4, -0.2) is 44.6 Å². The molecule has 0 aliphatic rings. The largest absolute Gasteiger partial charge is 0.341 e. The number of nitrogens with one attached hydrogen (secondary N) is 1. The van der Waals surface area contributed by atoms with Gasteiger partial charge in [0.15, 0.2) is 0 Å². The van der Waals surface area contributed by atoms with Crippen molar-refractivity contribution < 1.29 is 4.79 Å². The lowest BCUT2D eigenvalue weighted by Crippen LogP contribution is -2.28. The van der Waals surface area contributed by atoms with Crippen LogP contribution in [0.2, 0.25) is 0 Å². The Morgan fingerprint density at radius 2 is 2.00 bits per heavy atom. The standard InChI is InChI=1S/C20H19N5OS/c1-13-23-17-8-10-27-19(17)18(24-13)15-3-5-16(6-4-15)20(26)25(2)9-7-14-11-21-22-12-14/h3-6,8,10-12H,7,9H2,1-2H3,(H,21,22). The van der Waals surface area contributed by atoms with E-state index in [0.29, 0.717) is 12.1 Å². The highest BCUT2D eigenvalue weighted by Gasteiger charge is 2.14. The number of thiophene rings is 1. The molecule has 0 atom stereocenters. The average molecular weight is 377 g/mol. The fraction of sp³-hybridized carbons (Fsp3) is 0.200. The van der Waals surface area contributed by atoms with Gasteiger partial charge in [-0.05, 0) is 42.5 Å². The molecule has 0 bridgehead atoms. The molecule has 0 radical (unpaired) electrons. The van der Waals surface area contributed by atoms with E-state index in [0.717, 1.165) is 39.3 Å². The summed E-state index contributed by atoms with van der Waals surface area (Å²) in [5.41, 5.74) is 4.62. The molecule has 1 N–H and O–H groups in total. The Labute approximate surface area is 160 Å². The summed E-state index contributed by atoms with van der Waals surface area (Å²) in [6.07, 6.45) is 4.40. The Balaban J connectivity index is 1.53. The lowest BCUT2D eigenvalue weighted by atomic mass is 10.1. The molecule has 0 saturated carbocycles. The zero-order chi connectivity index (χ0) is 18.8. The monoisotopic (exact) mass is 377 g/mol. The maximum atomic E-state index is 12.7. The van der Waals surface area contributed by atoms with Crippen LogP contribution in [0.15, 0.2) is 48.1 Å². The van der Waals surface area contributed by atoms with E-state index in [-0.39, 0.29) is 5.91 Å². The van der Waals surface area contributed by atoms with Gasteiger partial charge in [-0.25, -0.2) is 9.97 Å². The summed E-state index contributed by atoms with van der Waals surface area (Å²) in [6, 6.07) is 9.65. The summed E-state index contributed by atoms with van der Waals surface area (Å²) >= 11 is 1.63. The Morgan fingerprint density at radius 1 is 1.19 bits per heavy atom. The Hall–Kier alpha value is -3.06. The van der Waals surface area contributed by atoms with Crippen molar-refractivity contribution in [2.45, 2.75) is 13.3 Å². The first-order valence-electron chi connectivity index (χ1n) is 8.67. The van der Waals surface area contributed by atoms with Crippen molar-refractivity contribution in [3.8, 4) is 11.3 Å². The van der Waals surface area contributed by atoms with Gasteiger partial charge in [0.2, 0.25) is 0 Å². The van der Waals surface area contributed by atoms with Gasteiger partial charge in [0.25, 0.3) is 5.91 Å². The number of hydrogen-bond donors (Lipinski definition) is 1. The predicted molar refractivity (Wildman–Crippen MR) is 107 cm³/mol. The Bertz CT molecular complexity index is 1070. The average Bonchev–Trinajstić information content (AvgIpc) is 3.36. The van der Waals surface area contributed by atoms with E-state index in [4.69, 9.17) is 0 Å². The minimum Gasteiger partial charge on any atom is -0.341 e. The summed E-state index contributed by atoms with van der Waals surface area (Å²) in [5, 5.41) is 8.74. The molecule has 1 amide bonds. The fourth-order valence-electron chi connectivity index (χ4n) is 2.98. The molecular weight excluding hydrogens is 358 g/mol. The lowest BCUT2D eigenvalue weighted by Gasteiger charge is -2.17. The van der Waals surface area contributed by atoms with Crippen LogP contribution in [0, 0.1) is 6.92 Å². The summed E-state index contributed by atoms with van der Waals surface area (Å²) in [5.74, 6) is 0.750. The molecular formula is C20H19N5OS. The van der Waals surface area contributed by atoms with Gasteiger partial charge < -0.3 is 4.90 Å². The molecule has 4 aromatic rings. The van der Waals surface area contributed by atoms with Crippen LogP contribution in [0.5, 0.6) is 0 Å². The number of fused-ring (bicyclic) bond motifs is 1. The van der Waals surface area contributed by atoms with Gasteiger partial charge in [-0.1, -0.05) is 12.1 Å². The van der Waals surface area contributed by atoms with E-state index in [9.17, 15) is 4.79 Å². The number of nitrogens with zero attached hydrogens (tertiary/aromatic N) is 4. The Morgan fingerprint density at radius 3 is 2.74 bits per heavy atom. The number of aryl methyl sites for hydroxylation is 1. The molecule has 0 fully saturated rings. The predicted octanol–water partition coefficient (Wildman–Crippen LogP) is 3.70. The fourth-order valence-corrected chi connectivity index (χ4v) is 3.82. The van der Waals surface area contributed by atoms with E-state index in [1.807, 2.05) is 55.9 Å². The maximum Gasteiger partial charge on any atom is 0.253 e. The topological polar surface area (TPSA) is 74.8 Å². The summed E-state index contributed by atoms with van der Waals surface area (Å²) in [6.45, 7) is 2.54. The van der Waals surface area contributed by atoms with Crippen LogP contribution >= 0.6 is 11.3 Å². The first kappa shape index (κ1) is 17.4. The van der Waals surface area contributed by atoms with Crippen LogP contribution in [0.3, 0.4) is 0 Å². The van der Waals surface area contributed by atoms with E-state index in [1.165, 1.54) is 0 Å². The third kappa shape index (κ3) is 3.59. The molecule has 6 nitrogen and oxygen atoms in total. The highest BCUT2D eigenvalue weighted by Crippen LogP contribution is 2.30. The van der Waals surface area contributed by atoms with Crippen molar-refractivity contribution >= 4 is 27.5 Å². The SMILES string of the molecule is Cc1nc(-c2ccc(C(=O)N(C)CCc3cn[nH]c3)cc2)c2sccc2n1. The molecule has 0 unspecified atom stereocenters. The minimum absolute atomic E-state index is 0.00480. The number of benzene rings is 1.